The zero-order chi connectivity index (χ0) is 17.8. The molecule has 4 nitrogen and oxygen atoms in total. The Kier molecular flexibility index (Phi) is 4.39. The molecular formula is C22H18N4. The molecule has 0 N–H and O–H groups in total. The molecule has 0 aliphatic carbocycles. The molecule has 0 unspecified atom stereocenters. The van der Waals surface area contributed by atoms with Crippen LogP contribution in [0.2, 0.25) is 0 Å². The van der Waals surface area contributed by atoms with Gasteiger partial charge in [-0.3, -0.25) is 4.98 Å². The van der Waals surface area contributed by atoms with Gasteiger partial charge in [-0.1, -0.05) is 36.4 Å². The zero-order valence-corrected chi connectivity index (χ0v) is 14.4. The maximum Gasteiger partial charge on any atom is 0.125 e. The lowest BCUT2D eigenvalue weighted by Gasteiger charge is -2.25. The van der Waals surface area contributed by atoms with Crippen molar-refractivity contribution >= 4 is 17.1 Å². The Morgan fingerprint density at radius 1 is 0.654 bits per heavy atom. The second-order valence-corrected chi connectivity index (χ2v) is 5.92. The molecule has 4 aromatic rings. The van der Waals surface area contributed by atoms with E-state index in [9.17, 15) is 0 Å². The summed E-state index contributed by atoms with van der Waals surface area (Å²) < 4.78 is 0. The maximum atomic E-state index is 4.50. The van der Waals surface area contributed by atoms with Crippen LogP contribution >= 0.6 is 0 Å². The predicted octanol–water partition coefficient (Wildman–Crippen LogP) is 5.32. The number of para-hydroxylation sites is 2. The van der Waals surface area contributed by atoms with Crippen LogP contribution in [0.15, 0.2) is 91.4 Å². The second-order valence-electron chi connectivity index (χ2n) is 5.92. The van der Waals surface area contributed by atoms with Gasteiger partial charge in [0.05, 0.1) is 5.69 Å². The van der Waals surface area contributed by atoms with Crippen molar-refractivity contribution in [2.45, 2.75) is 6.92 Å². The fourth-order valence-electron chi connectivity index (χ4n) is 2.84. The van der Waals surface area contributed by atoms with Gasteiger partial charge >= 0.3 is 0 Å². The number of nitrogens with zero attached hydrogens (tertiary/aromatic N) is 4. The van der Waals surface area contributed by atoms with Crippen LogP contribution < -0.4 is 4.90 Å². The molecule has 0 saturated carbocycles. The van der Waals surface area contributed by atoms with Crippen molar-refractivity contribution in [2.24, 2.45) is 0 Å². The van der Waals surface area contributed by atoms with Crippen LogP contribution in [0.25, 0.3) is 11.3 Å². The van der Waals surface area contributed by atoms with Crippen LogP contribution in [0, 0.1) is 6.92 Å². The largest absolute Gasteiger partial charge is 0.310 e. The number of rotatable bonds is 4. The molecule has 0 aliphatic heterocycles. The number of aryl methyl sites for hydroxylation is 1. The zero-order valence-electron chi connectivity index (χ0n) is 14.4. The summed E-state index contributed by atoms with van der Waals surface area (Å²) in [5.74, 6) is 0.750. The number of hydrogen-bond acceptors (Lipinski definition) is 4. The molecular weight excluding hydrogens is 320 g/mol. The minimum Gasteiger partial charge on any atom is -0.310 e. The molecule has 0 saturated heterocycles. The lowest BCUT2D eigenvalue weighted by molar-refractivity contribution is 1.05. The Bertz CT molecular complexity index is 944. The van der Waals surface area contributed by atoms with E-state index in [4.69, 9.17) is 0 Å². The van der Waals surface area contributed by atoms with E-state index in [1.807, 2.05) is 68.0 Å². The smallest absolute Gasteiger partial charge is 0.125 e. The van der Waals surface area contributed by atoms with Crippen molar-refractivity contribution < 1.29 is 0 Å². The van der Waals surface area contributed by atoms with E-state index < -0.39 is 0 Å². The lowest BCUT2D eigenvalue weighted by Crippen LogP contribution is -2.10. The molecule has 0 atom stereocenters. The summed E-state index contributed by atoms with van der Waals surface area (Å²) in [7, 11) is 0. The minimum absolute atomic E-state index is 0.750. The van der Waals surface area contributed by atoms with Crippen LogP contribution in [0.5, 0.6) is 0 Å². The van der Waals surface area contributed by atoms with Crippen LogP contribution in [0.4, 0.5) is 17.1 Å². The average Bonchev–Trinajstić information content (AvgIpc) is 2.71. The topological polar surface area (TPSA) is 41.9 Å². The second kappa shape index (κ2) is 7.15. The van der Waals surface area contributed by atoms with Crippen molar-refractivity contribution in [3.8, 4) is 11.3 Å². The van der Waals surface area contributed by atoms with Crippen molar-refractivity contribution in [2.75, 3.05) is 4.90 Å². The molecule has 26 heavy (non-hydrogen) atoms. The summed E-state index contributed by atoms with van der Waals surface area (Å²) in [6, 6.07) is 24.7. The fourth-order valence-corrected chi connectivity index (χ4v) is 2.84. The first-order valence-electron chi connectivity index (χ1n) is 8.46. The van der Waals surface area contributed by atoms with E-state index in [0.717, 1.165) is 34.1 Å². The van der Waals surface area contributed by atoms with Crippen LogP contribution in [-0.2, 0) is 0 Å². The molecule has 0 bridgehead atoms. The van der Waals surface area contributed by atoms with Gasteiger partial charge in [-0.15, -0.1) is 0 Å². The SMILES string of the molecule is Cc1ncc(-c2cc(N(c3ccccc3)c3ccccc3)ccn2)cn1. The summed E-state index contributed by atoms with van der Waals surface area (Å²) in [6.45, 7) is 1.88. The molecule has 2 aromatic heterocycles. The molecule has 0 aliphatic rings. The Balaban J connectivity index is 1.82. The number of aromatic nitrogens is 3. The van der Waals surface area contributed by atoms with Crippen LogP contribution in [0.3, 0.4) is 0 Å². The summed E-state index contributed by atoms with van der Waals surface area (Å²) >= 11 is 0. The third-order valence-corrected chi connectivity index (χ3v) is 4.11. The summed E-state index contributed by atoms with van der Waals surface area (Å²) in [5.41, 5.74) is 4.97. The molecule has 0 radical (unpaired) electrons. The fraction of sp³-hybridized carbons (Fsp3) is 0.0455. The summed E-state index contributed by atoms with van der Waals surface area (Å²) in [6.07, 6.45) is 5.44. The predicted molar refractivity (Wildman–Crippen MR) is 105 cm³/mol. The molecule has 2 heterocycles. The lowest BCUT2D eigenvalue weighted by atomic mass is 10.1. The monoisotopic (exact) mass is 338 g/mol. The van der Waals surface area contributed by atoms with E-state index >= 15 is 0 Å². The minimum atomic E-state index is 0.750. The maximum absolute atomic E-state index is 4.50. The molecule has 0 fully saturated rings. The highest BCUT2D eigenvalue weighted by atomic mass is 15.1. The van der Waals surface area contributed by atoms with E-state index in [1.165, 1.54) is 0 Å². The first-order valence-corrected chi connectivity index (χ1v) is 8.46. The quantitative estimate of drug-likeness (QED) is 0.505. The van der Waals surface area contributed by atoms with Gasteiger partial charge in [0.1, 0.15) is 5.82 Å². The van der Waals surface area contributed by atoms with Crippen molar-refractivity contribution in [3.05, 3.63) is 97.2 Å². The van der Waals surface area contributed by atoms with Gasteiger partial charge in [0.2, 0.25) is 0 Å². The van der Waals surface area contributed by atoms with Gasteiger partial charge in [0.25, 0.3) is 0 Å². The van der Waals surface area contributed by atoms with Gasteiger partial charge in [-0.25, -0.2) is 9.97 Å². The van der Waals surface area contributed by atoms with Gasteiger partial charge < -0.3 is 4.90 Å². The molecule has 4 rings (SSSR count). The van der Waals surface area contributed by atoms with Crippen LogP contribution in [0.1, 0.15) is 5.82 Å². The third kappa shape index (κ3) is 3.30. The first-order chi connectivity index (χ1) is 12.8. The Hall–Kier alpha value is -3.53. The highest BCUT2D eigenvalue weighted by Crippen LogP contribution is 2.35. The highest BCUT2D eigenvalue weighted by Gasteiger charge is 2.13. The average molecular weight is 338 g/mol. The van der Waals surface area contributed by atoms with Crippen molar-refractivity contribution in [3.63, 3.8) is 0 Å². The number of benzene rings is 2. The van der Waals surface area contributed by atoms with Gasteiger partial charge in [0, 0.05) is 41.2 Å². The standard InChI is InChI=1S/C22H18N4/c1-17-24-15-18(16-25-17)22-14-21(12-13-23-22)26(19-8-4-2-5-9-19)20-10-6-3-7-11-20/h2-16H,1H3. The van der Waals surface area contributed by atoms with E-state index in [2.05, 4.69) is 50.2 Å². The first kappa shape index (κ1) is 16.0. The number of hydrogen-bond donors (Lipinski definition) is 0. The molecule has 2 aromatic carbocycles. The highest BCUT2D eigenvalue weighted by molar-refractivity contribution is 5.78. The number of pyridine rings is 1. The molecule has 0 spiro atoms. The molecule has 0 amide bonds. The van der Waals surface area contributed by atoms with Crippen molar-refractivity contribution in [1.29, 1.82) is 0 Å². The van der Waals surface area contributed by atoms with Gasteiger partial charge in [0.15, 0.2) is 0 Å². The van der Waals surface area contributed by atoms with Gasteiger partial charge in [-0.2, -0.15) is 0 Å². The molecule has 4 heteroatoms. The normalized spacial score (nSPS) is 10.5. The summed E-state index contributed by atoms with van der Waals surface area (Å²) in [5, 5.41) is 0. The van der Waals surface area contributed by atoms with Crippen LogP contribution in [-0.4, -0.2) is 15.0 Å². The van der Waals surface area contributed by atoms with Gasteiger partial charge in [-0.05, 0) is 43.3 Å². The van der Waals surface area contributed by atoms with E-state index in [-0.39, 0.29) is 0 Å². The summed E-state index contributed by atoms with van der Waals surface area (Å²) in [4.78, 5) is 15.3. The Morgan fingerprint density at radius 2 is 1.23 bits per heavy atom. The van der Waals surface area contributed by atoms with E-state index in [1.54, 1.807) is 0 Å². The van der Waals surface area contributed by atoms with Crippen molar-refractivity contribution in [1.82, 2.24) is 15.0 Å². The Morgan fingerprint density at radius 3 is 1.81 bits per heavy atom. The molecule has 126 valence electrons. The number of anilines is 3. The Labute approximate surface area is 152 Å². The van der Waals surface area contributed by atoms with E-state index in [0.29, 0.717) is 0 Å². The third-order valence-electron chi connectivity index (χ3n) is 4.11.